The summed E-state index contributed by atoms with van der Waals surface area (Å²) in [6.07, 6.45) is 7.84. The maximum atomic E-state index is 12.7. The van der Waals surface area contributed by atoms with Crippen LogP contribution < -0.4 is 10.1 Å². The highest BCUT2D eigenvalue weighted by atomic mass is 16.5. The van der Waals surface area contributed by atoms with Gasteiger partial charge in [0.2, 0.25) is 0 Å². The molecule has 2 heterocycles. The number of nitrogens with zero attached hydrogens (tertiary/aromatic N) is 1. The predicted octanol–water partition coefficient (Wildman–Crippen LogP) is 5.22. The summed E-state index contributed by atoms with van der Waals surface area (Å²) in [4.78, 5) is 16.0. The minimum atomic E-state index is -0.545. The smallest absolute Gasteiger partial charge is 0.185 e. The zero-order valence-electron chi connectivity index (χ0n) is 20.9. The molecule has 5 aromatic rings. The first-order valence-electron chi connectivity index (χ1n) is 12.5. The van der Waals surface area contributed by atoms with Crippen molar-refractivity contribution in [2.24, 2.45) is 0 Å². The molecule has 188 valence electrons. The molecule has 0 aliphatic carbocycles. The standard InChI is InChI=1S/C31H31N3O3/c1-37-26-13-10-22(11-14-26)31(36)15-12-24-20-34(30-9-5-3-7-28(24)30)21-25(35)19-32-17-16-23-18-33-29-8-4-2-6-27(23)29/h2-15,18,20,25,32-33,35H,16-17,19,21H2,1H3. The number of rotatable bonds is 11. The largest absolute Gasteiger partial charge is 0.497 e. The number of hydrogen-bond acceptors (Lipinski definition) is 4. The molecule has 6 nitrogen and oxygen atoms in total. The lowest BCUT2D eigenvalue weighted by atomic mass is 10.1. The van der Waals surface area contributed by atoms with Gasteiger partial charge >= 0.3 is 0 Å². The van der Waals surface area contributed by atoms with Crippen molar-refractivity contribution < 1.29 is 14.6 Å². The summed E-state index contributed by atoms with van der Waals surface area (Å²) in [7, 11) is 1.60. The SMILES string of the molecule is COc1ccc(C(=O)C=Cc2cn(CC(O)CNCCc3c[nH]c4ccccc34)c3ccccc23)cc1. The number of ketones is 1. The second kappa shape index (κ2) is 11.3. The molecular weight excluding hydrogens is 462 g/mol. The van der Waals surface area contributed by atoms with E-state index in [-0.39, 0.29) is 5.78 Å². The minimum absolute atomic E-state index is 0.0704. The Balaban J connectivity index is 1.21. The molecule has 0 saturated carbocycles. The van der Waals surface area contributed by atoms with Crippen LogP contribution in [0, 0.1) is 0 Å². The van der Waals surface area contributed by atoms with Crippen LogP contribution in [0.25, 0.3) is 27.9 Å². The Labute approximate surface area is 216 Å². The topological polar surface area (TPSA) is 79.3 Å². The highest BCUT2D eigenvalue weighted by molar-refractivity contribution is 6.07. The number of carbonyl (C=O) groups is 1. The summed E-state index contributed by atoms with van der Waals surface area (Å²) in [6, 6.07) is 23.4. The molecule has 6 heteroatoms. The third-order valence-corrected chi connectivity index (χ3v) is 6.64. The number of hydrogen-bond donors (Lipinski definition) is 3. The average molecular weight is 494 g/mol. The lowest BCUT2D eigenvalue weighted by Gasteiger charge is -2.13. The molecule has 0 bridgehead atoms. The molecule has 1 atom stereocenters. The van der Waals surface area contributed by atoms with E-state index in [2.05, 4.69) is 39.3 Å². The Bertz CT molecular complexity index is 1530. The first-order valence-corrected chi connectivity index (χ1v) is 12.5. The Morgan fingerprint density at radius 3 is 2.62 bits per heavy atom. The van der Waals surface area contributed by atoms with Crippen LogP contribution in [0.2, 0.25) is 0 Å². The maximum Gasteiger partial charge on any atom is 0.185 e. The van der Waals surface area contributed by atoms with Crippen LogP contribution in [0.1, 0.15) is 21.5 Å². The van der Waals surface area contributed by atoms with E-state index in [4.69, 9.17) is 4.74 Å². The molecule has 3 aromatic carbocycles. The Kier molecular flexibility index (Phi) is 7.49. The van der Waals surface area contributed by atoms with E-state index >= 15 is 0 Å². The van der Waals surface area contributed by atoms with Crippen LogP contribution in [0.15, 0.2) is 91.3 Å². The number of allylic oxidation sites excluding steroid dienone is 1. The first kappa shape index (κ1) is 24.6. The van der Waals surface area contributed by atoms with Gasteiger partial charge in [0.15, 0.2) is 5.78 Å². The zero-order chi connectivity index (χ0) is 25.6. The van der Waals surface area contributed by atoms with Gasteiger partial charge in [-0.2, -0.15) is 0 Å². The first-order chi connectivity index (χ1) is 18.1. The highest BCUT2D eigenvalue weighted by Gasteiger charge is 2.11. The van der Waals surface area contributed by atoms with Gasteiger partial charge in [-0.15, -0.1) is 0 Å². The van der Waals surface area contributed by atoms with E-state index in [1.807, 2.05) is 42.6 Å². The Morgan fingerprint density at radius 1 is 1.05 bits per heavy atom. The van der Waals surface area contributed by atoms with Crippen molar-refractivity contribution in [2.75, 3.05) is 20.2 Å². The van der Waals surface area contributed by atoms with Crippen LogP contribution in [-0.2, 0) is 13.0 Å². The predicted molar refractivity (Wildman–Crippen MR) is 149 cm³/mol. The molecule has 0 radical (unpaired) electrons. The van der Waals surface area contributed by atoms with E-state index in [1.165, 1.54) is 10.9 Å². The van der Waals surface area contributed by atoms with Crippen LogP contribution in [0.3, 0.4) is 0 Å². The number of nitrogens with one attached hydrogen (secondary N) is 2. The molecule has 37 heavy (non-hydrogen) atoms. The fraction of sp³-hybridized carbons (Fsp3) is 0.194. The van der Waals surface area contributed by atoms with Gasteiger partial charge in [0.05, 0.1) is 13.2 Å². The summed E-state index contributed by atoms with van der Waals surface area (Å²) in [5.41, 5.74) is 4.99. The highest BCUT2D eigenvalue weighted by Crippen LogP contribution is 2.23. The number of benzene rings is 3. The van der Waals surface area contributed by atoms with Crippen molar-refractivity contribution in [3.8, 4) is 5.75 Å². The van der Waals surface area contributed by atoms with E-state index in [0.29, 0.717) is 18.7 Å². The van der Waals surface area contributed by atoms with Crippen molar-refractivity contribution in [3.05, 3.63) is 108 Å². The molecule has 2 aromatic heterocycles. The molecule has 5 rings (SSSR count). The van der Waals surface area contributed by atoms with Crippen molar-refractivity contribution >= 4 is 33.7 Å². The molecule has 3 N–H and O–H groups in total. The van der Waals surface area contributed by atoms with E-state index < -0.39 is 6.10 Å². The van der Waals surface area contributed by atoms with Crippen molar-refractivity contribution in [2.45, 2.75) is 19.1 Å². The number of aromatic nitrogens is 2. The van der Waals surface area contributed by atoms with Gasteiger partial charge in [-0.05, 0) is 67.1 Å². The third-order valence-electron chi connectivity index (χ3n) is 6.64. The number of carbonyl (C=O) groups excluding carboxylic acids is 1. The number of ether oxygens (including phenoxy) is 1. The minimum Gasteiger partial charge on any atom is -0.497 e. The van der Waals surface area contributed by atoms with Gasteiger partial charge in [-0.3, -0.25) is 4.79 Å². The van der Waals surface area contributed by atoms with Crippen LogP contribution in [0.4, 0.5) is 0 Å². The lowest BCUT2D eigenvalue weighted by Crippen LogP contribution is -2.31. The van der Waals surface area contributed by atoms with Crippen LogP contribution in [-0.4, -0.2) is 46.7 Å². The maximum absolute atomic E-state index is 12.7. The molecule has 0 saturated heterocycles. The molecular formula is C31H31N3O3. The molecule has 1 unspecified atom stereocenters. The van der Waals surface area contributed by atoms with Gasteiger partial charge in [-0.1, -0.05) is 36.4 Å². The molecule has 0 fully saturated rings. The summed E-state index contributed by atoms with van der Waals surface area (Å²) in [5, 5.41) is 16.4. The summed E-state index contributed by atoms with van der Waals surface area (Å²) >= 11 is 0. The fourth-order valence-corrected chi connectivity index (χ4v) is 4.70. The van der Waals surface area contributed by atoms with Crippen molar-refractivity contribution in [1.29, 1.82) is 0 Å². The van der Waals surface area contributed by atoms with Gasteiger partial charge in [0, 0.05) is 58.4 Å². The molecule has 0 spiro atoms. The van der Waals surface area contributed by atoms with Gasteiger partial charge in [0.25, 0.3) is 0 Å². The number of para-hydroxylation sites is 2. The lowest BCUT2D eigenvalue weighted by molar-refractivity contribution is 0.104. The van der Waals surface area contributed by atoms with Gasteiger partial charge < -0.3 is 24.7 Å². The number of fused-ring (bicyclic) bond motifs is 2. The average Bonchev–Trinajstić information content (AvgIpc) is 3.51. The summed E-state index contributed by atoms with van der Waals surface area (Å²) in [6.45, 7) is 1.74. The van der Waals surface area contributed by atoms with Crippen molar-refractivity contribution in [3.63, 3.8) is 0 Å². The number of aromatic amines is 1. The van der Waals surface area contributed by atoms with Gasteiger partial charge in [-0.25, -0.2) is 0 Å². The summed E-state index contributed by atoms with van der Waals surface area (Å²) < 4.78 is 7.22. The zero-order valence-corrected chi connectivity index (χ0v) is 20.9. The quantitative estimate of drug-likeness (QED) is 0.134. The Hall–Kier alpha value is -4.13. The normalized spacial score (nSPS) is 12.5. The monoisotopic (exact) mass is 493 g/mol. The number of H-pyrrole nitrogens is 1. The van der Waals surface area contributed by atoms with Crippen LogP contribution in [0.5, 0.6) is 5.75 Å². The van der Waals surface area contributed by atoms with E-state index in [0.717, 1.165) is 40.7 Å². The van der Waals surface area contributed by atoms with Gasteiger partial charge in [0.1, 0.15) is 5.75 Å². The molecule has 0 aliphatic rings. The molecule has 0 amide bonds. The second-order valence-corrected chi connectivity index (χ2v) is 9.15. The fourth-order valence-electron chi connectivity index (χ4n) is 4.70. The van der Waals surface area contributed by atoms with Crippen molar-refractivity contribution in [1.82, 2.24) is 14.9 Å². The summed E-state index contributed by atoms with van der Waals surface area (Å²) in [5.74, 6) is 0.647. The Morgan fingerprint density at radius 2 is 1.81 bits per heavy atom. The van der Waals surface area contributed by atoms with Crippen LogP contribution >= 0.6 is 0 Å². The number of methoxy groups -OCH3 is 1. The number of aliphatic hydroxyl groups excluding tert-OH is 1. The van der Waals surface area contributed by atoms with E-state index in [9.17, 15) is 9.90 Å². The molecule has 0 aliphatic heterocycles. The third kappa shape index (κ3) is 5.66. The number of aliphatic hydroxyl groups is 1. The second-order valence-electron chi connectivity index (χ2n) is 9.15. The van der Waals surface area contributed by atoms with E-state index in [1.54, 1.807) is 37.5 Å².